The van der Waals surface area contributed by atoms with Gasteiger partial charge in [-0.15, -0.1) is 0 Å². The summed E-state index contributed by atoms with van der Waals surface area (Å²) in [6.45, 7) is 0.398. The van der Waals surface area contributed by atoms with Crippen LogP contribution in [0.1, 0.15) is 5.56 Å². The van der Waals surface area contributed by atoms with E-state index in [1.54, 1.807) is 18.2 Å². The number of nitrogens with two attached hydrogens (primary N) is 1. The summed E-state index contributed by atoms with van der Waals surface area (Å²) < 4.78 is 13.8. The van der Waals surface area contributed by atoms with Crippen molar-refractivity contribution in [2.45, 2.75) is 6.42 Å². The Kier molecular flexibility index (Phi) is 4.23. The normalized spacial score (nSPS) is 10.7. The van der Waals surface area contributed by atoms with Gasteiger partial charge in [-0.2, -0.15) is 0 Å². The largest absolute Gasteiger partial charge is 0.330 e. The lowest BCUT2D eigenvalue weighted by molar-refractivity contribution is 0.610. The van der Waals surface area contributed by atoms with E-state index in [1.807, 2.05) is 12.1 Å². The molecule has 4 heteroatoms. The zero-order chi connectivity index (χ0) is 13.1. The molecule has 0 fully saturated rings. The summed E-state index contributed by atoms with van der Waals surface area (Å²) in [4.78, 5) is 0. The maximum atomic E-state index is 13.8. The summed E-state index contributed by atoms with van der Waals surface area (Å²) in [5.41, 5.74) is 7.77. The highest BCUT2D eigenvalue weighted by molar-refractivity contribution is 6.42. The molecule has 2 aromatic carbocycles. The van der Waals surface area contributed by atoms with Crippen molar-refractivity contribution in [2.24, 2.45) is 5.73 Å². The monoisotopic (exact) mass is 283 g/mol. The lowest BCUT2D eigenvalue weighted by Crippen LogP contribution is -2.06. The van der Waals surface area contributed by atoms with Crippen molar-refractivity contribution < 1.29 is 4.39 Å². The van der Waals surface area contributed by atoms with Gasteiger partial charge in [0.2, 0.25) is 0 Å². The molecule has 0 bridgehead atoms. The first-order chi connectivity index (χ1) is 8.63. The average Bonchev–Trinajstić information content (AvgIpc) is 2.35. The van der Waals surface area contributed by atoms with E-state index in [0.717, 1.165) is 11.1 Å². The molecule has 0 aliphatic heterocycles. The van der Waals surface area contributed by atoms with Gasteiger partial charge in [-0.1, -0.05) is 41.4 Å². The van der Waals surface area contributed by atoms with Crippen LogP contribution >= 0.6 is 23.2 Å². The molecular weight excluding hydrogens is 272 g/mol. The lowest BCUT2D eigenvalue weighted by atomic mass is 9.97. The van der Waals surface area contributed by atoms with Crippen molar-refractivity contribution in [1.29, 1.82) is 0 Å². The fraction of sp³-hybridized carbons (Fsp3) is 0.143. The van der Waals surface area contributed by atoms with Gasteiger partial charge in [-0.3, -0.25) is 0 Å². The zero-order valence-corrected chi connectivity index (χ0v) is 11.1. The molecule has 1 nitrogen and oxygen atoms in total. The Hall–Kier alpha value is -1.09. The van der Waals surface area contributed by atoms with Crippen molar-refractivity contribution in [3.8, 4) is 11.1 Å². The third-order valence-electron chi connectivity index (χ3n) is 2.74. The van der Waals surface area contributed by atoms with Crippen LogP contribution in [0.5, 0.6) is 0 Å². The minimum absolute atomic E-state index is 0.246. The van der Waals surface area contributed by atoms with E-state index in [0.29, 0.717) is 28.6 Å². The highest BCUT2D eigenvalue weighted by Crippen LogP contribution is 2.31. The molecule has 0 heterocycles. The third kappa shape index (κ3) is 2.66. The Morgan fingerprint density at radius 2 is 1.83 bits per heavy atom. The first-order valence-electron chi connectivity index (χ1n) is 5.56. The van der Waals surface area contributed by atoms with Crippen molar-refractivity contribution in [3.63, 3.8) is 0 Å². The van der Waals surface area contributed by atoms with Gasteiger partial charge in [0.05, 0.1) is 10.0 Å². The Morgan fingerprint density at radius 1 is 1.06 bits per heavy atom. The van der Waals surface area contributed by atoms with Crippen LogP contribution in [0.25, 0.3) is 11.1 Å². The van der Waals surface area contributed by atoms with Crippen molar-refractivity contribution >= 4 is 23.2 Å². The van der Waals surface area contributed by atoms with Crippen LogP contribution in [-0.4, -0.2) is 6.54 Å². The maximum Gasteiger partial charge on any atom is 0.127 e. The first-order valence-corrected chi connectivity index (χ1v) is 6.32. The van der Waals surface area contributed by atoms with Gasteiger partial charge in [0, 0.05) is 0 Å². The number of hydrogen-bond acceptors (Lipinski definition) is 1. The van der Waals surface area contributed by atoms with E-state index in [1.165, 1.54) is 6.07 Å². The van der Waals surface area contributed by atoms with Gasteiger partial charge in [0.15, 0.2) is 0 Å². The van der Waals surface area contributed by atoms with Crippen LogP contribution in [0.3, 0.4) is 0 Å². The quantitative estimate of drug-likeness (QED) is 0.893. The number of benzene rings is 2. The molecule has 0 spiro atoms. The molecule has 2 aromatic rings. The van der Waals surface area contributed by atoms with E-state index < -0.39 is 0 Å². The second kappa shape index (κ2) is 5.70. The van der Waals surface area contributed by atoms with Crippen molar-refractivity contribution in [3.05, 3.63) is 57.8 Å². The Balaban J connectivity index is 2.55. The summed E-state index contributed by atoms with van der Waals surface area (Å²) in [5.74, 6) is -0.246. The minimum atomic E-state index is -0.246. The second-order valence-electron chi connectivity index (χ2n) is 3.93. The van der Waals surface area contributed by atoms with E-state index in [2.05, 4.69) is 0 Å². The van der Waals surface area contributed by atoms with E-state index in [9.17, 15) is 4.39 Å². The third-order valence-corrected chi connectivity index (χ3v) is 3.48. The highest BCUT2D eigenvalue weighted by atomic mass is 35.5. The zero-order valence-electron chi connectivity index (χ0n) is 9.59. The van der Waals surface area contributed by atoms with Gasteiger partial charge in [0.25, 0.3) is 0 Å². The SMILES string of the molecule is NCCc1c(F)cccc1-c1ccc(Cl)c(Cl)c1. The molecule has 2 rings (SSSR count). The molecule has 0 atom stereocenters. The number of halogens is 3. The molecule has 0 aliphatic carbocycles. The summed E-state index contributed by atoms with van der Waals surface area (Å²) in [6.07, 6.45) is 0.488. The predicted molar refractivity (Wildman–Crippen MR) is 74.6 cm³/mol. The molecule has 0 aliphatic rings. The minimum Gasteiger partial charge on any atom is -0.330 e. The van der Waals surface area contributed by atoms with Crippen LogP contribution in [0, 0.1) is 5.82 Å². The number of rotatable bonds is 3. The van der Waals surface area contributed by atoms with Crippen LogP contribution in [0.2, 0.25) is 10.0 Å². The van der Waals surface area contributed by atoms with Crippen LogP contribution < -0.4 is 5.73 Å². The summed E-state index contributed by atoms with van der Waals surface area (Å²) >= 11 is 11.9. The van der Waals surface area contributed by atoms with E-state index in [-0.39, 0.29) is 5.82 Å². The van der Waals surface area contributed by atoms with Gasteiger partial charge < -0.3 is 5.73 Å². The predicted octanol–water partition coefficient (Wildman–Crippen LogP) is 4.30. The molecule has 18 heavy (non-hydrogen) atoms. The fourth-order valence-electron chi connectivity index (χ4n) is 1.89. The maximum absolute atomic E-state index is 13.8. The smallest absolute Gasteiger partial charge is 0.127 e. The molecule has 0 radical (unpaired) electrons. The first kappa shape index (κ1) is 13.3. The molecule has 0 saturated heterocycles. The van der Waals surface area contributed by atoms with Gasteiger partial charge in [0.1, 0.15) is 5.82 Å². The van der Waals surface area contributed by atoms with E-state index >= 15 is 0 Å². The molecule has 94 valence electrons. The summed E-state index contributed by atoms with van der Waals surface area (Å²) in [6, 6.07) is 10.2. The summed E-state index contributed by atoms with van der Waals surface area (Å²) in [7, 11) is 0. The Bertz CT molecular complexity index is 570. The lowest BCUT2D eigenvalue weighted by Gasteiger charge is -2.10. The summed E-state index contributed by atoms with van der Waals surface area (Å²) in [5, 5.41) is 0.939. The van der Waals surface area contributed by atoms with Crippen molar-refractivity contribution in [1.82, 2.24) is 0 Å². The van der Waals surface area contributed by atoms with Crippen LogP contribution in [0.4, 0.5) is 4.39 Å². The van der Waals surface area contributed by atoms with Crippen LogP contribution in [0.15, 0.2) is 36.4 Å². The van der Waals surface area contributed by atoms with Gasteiger partial charge in [-0.25, -0.2) is 4.39 Å². The Labute approximate surface area is 115 Å². The second-order valence-corrected chi connectivity index (χ2v) is 4.75. The average molecular weight is 284 g/mol. The number of hydrogen-bond donors (Lipinski definition) is 1. The standard InChI is InChI=1S/C14H12Cl2FN/c15-12-5-4-9(8-13(12)16)10-2-1-3-14(17)11(10)6-7-18/h1-5,8H,6-7,18H2. The molecule has 0 amide bonds. The highest BCUT2D eigenvalue weighted by Gasteiger charge is 2.10. The van der Waals surface area contributed by atoms with Gasteiger partial charge >= 0.3 is 0 Å². The van der Waals surface area contributed by atoms with Gasteiger partial charge in [-0.05, 0) is 47.9 Å². The van der Waals surface area contributed by atoms with E-state index in [4.69, 9.17) is 28.9 Å². The van der Waals surface area contributed by atoms with Crippen molar-refractivity contribution in [2.75, 3.05) is 6.54 Å². The molecule has 0 aromatic heterocycles. The molecular formula is C14H12Cl2FN. The fourth-order valence-corrected chi connectivity index (χ4v) is 2.19. The molecule has 0 saturated carbocycles. The Morgan fingerprint density at radius 3 is 2.50 bits per heavy atom. The van der Waals surface area contributed by atoms with Crippen LogP contribution in [-0.2, 0) is 6.42 Å². The molecule has 0 unspecified atom stereocenters. The molecule has 2 N–H and O–H groups in total. The topological polar surface area (TPSA) is 26.0 Å².